The Hall–Kier alpha value is -3.13. The molecule has 27 heteroatoms. The first-order chi connectivity index (χ1) is 19.2. The SMILES string of the molecule is C=C(F)C(=O)O.C=C(F)C(=O)O.OCC(O)CC(F)(F)C(F)(F)C(F)(F)C(F)(F)C(F)(F)C(F)(F)C(F)(F)C(F)(F)C(F)(F)F. The summed E-state index contributed by atoms with van der Waals surface area (Å²) in [5.74, 6) is -73.1. The van der Waals surface area contributed by atoms with Crippen molar-refractivity contribution in [2.24, 2.45) is 0 Å². The lowest BCUT2D eigenvalue weighted by molar-refractivity contribution is -0.469. The summed E-state index contributed by atoms with van der Waals surface area (Å²) in [6.45, 7) is 2.99. The minimum Gasteiger partial charge on any atom is -0.476 e. The van der Waals surface area contributed by atoms with Crippen LogP contribution in [0.2, 0.25) is 0 Å². The normalized spacial score (nSPS) is 14.7. The molecule has 0 aliphatic rings. The molecule has 268 valence electrons. The predicted molar refractivity (Wildman–Crippen MR) is 99.1 cm³/mol. The molecule has 0 aliphatic carbocycles. The fourth-order valence-corrected chi connectivity index (χ4v) is 1.88. The first-order valence-electron chi connectivity index (χ1n) is 9.78. The monoisotopic (exact) mass is 724 g/mol. The molecular weight excluding hydrogens is 711 g/mol. The van der Waals surface area contributed by atoms with Crippen LogP contribution in [0.4, 0.5) is 92.2 Å². The van der Waals surface area contributed by atoms with Gasteiger partial charge in [-0.1, -0.05) is 13.2 Å². The number of carbonyl (C=O) groups is 2. The highest BCUT2D eigenvalue weighted by Crippen LogP contribution is 2.65. The average molecular weight is 724 g/mol. The lowest BCUT2D eigenvalue weighted by Gasteiger charge is -2.44. The Morgan fingerprint density at radius 2 is 0.711 bits per heavy atom. The molecule has 0 saturated heterocycles. The van der Waals surface area contributed by atoms with Gasteiger partial charge in [0.2, 0.25) is 11.7 Å². The van der Waals surface area contributed by atoms with E-state index in [1.54, 1.807) is 0 Å². The second kappa shape index (κ2) is 14.1. The van der Waals surface area contributed by atoms with Crippen LogP contribution in [0.1, 0.15) is 6.42 Å². The second-order valence-electron chi connectivity index (χ2n) is 7.68. The van der Waals surface area contributed by atoms with Crippen molar-refractivity contribution in [3.05, 3.63) is 24.8 Å². The minimum absolute atomic E-state index is 1.32. The number of aliphatic carboxylic acids is 2. The first kappa shape index (κ1) is 46.3. The number of rotatable bonds is 12. The van der Waals surface area contributed by atoms with E-state index in [2.05, 4.69) is 13.2 Å². The quantitative estimate of drug-likeness (QED) is 0.135. The van der Waals surface area contributed by atoms with E-state index in [9.17, 15) is 102 Å². The zero-order valence-electron chi connectivity index (χ0n) is 20.4. The molecule has 0 fully saturated rings. The van der Waals surface area contributed by atoms with Crippen LogP contribution in [0.15, 0.2) is 24.8 Å². The molecule has 0 spiro atoms. The van der Waals surface area contributed by atoms with E-state index in [1.165, 1.54) is 0 Å². The number of carboxylic acid groups (broad SMARTS) is 2. The lowest BCUT2D eigenvalue weighted by atomic mass is 9.86. The molecule has 0 bridgehead atoms. The lowest BCUT2D eigenvalue weighted by Crippen LogP contribution is -2.75. The topological polar surface area (TPSA) is 115 Å². The van der Waals surface area contributed by atoms with E-state index in [-0.39, 0.29) is 0 Å². The van der Waals surface area contributed by atoms with Gasteiger partial charge >= 0.3 is 65.5 Å². The first-order valence-corrected chi connectivity index (χ1v) is 9.78. The fraction of sp³-hybridized carbons (Fsp3) is 0.667. The van der Waals surface area contributed by atoms with Crippen molar-refractivity contribution in [3.8, 4) is 0 Å². The van der Waals surface area contributed by atoms with Gasteiger partial charge in [0.05, 0.1) is 12.7 Å². The molecule has 0 amide bonds. The third kappa shape index (κ3) is 8.78. The highest BCUT2D eigenvalue weighted by Gasteiger charge is 2.96. The fourth-order valence-electron chi connectivity index (χ4n) is 1.88. The molecular formula is C18H13F21O6. The molecule has 1 atom stereocenters. The number of halogens is 21. The Labute approximate surface area is 233 Å². The molecule has 0 saturated carbocycles. The molecule has 4 N–H and O–H groups in total. The Kier molecular flexibility index (Phi) is 14.5. The third-order valence-electron chi connectivity index (χ3n) is 4.35. The van der Waals surface area contributed by atoms with Crippen molar-refractivity contribution in [3.63, 3.8) is 0 Å². The van der Waals surface area contributed by atoms with Gasteiger partial charge in [-0.05, 0) is 0 Å². The standard InChI is InChI=1S/C12H7F19O2.2C3H3FO2/c13-4(14,1-3(33)2-32)5(15,16)6(17,18)7(19,20)8(21,22)9(23,24)10(25,26)11(27,28)12(29,30)31;2*1-2(4)3(5)6/h3,32-33H,1-2H2;2*1H2,(H,5,6). The number of carboxylic acids is 2. The highest BCUT2D eigenvalue weighted by atomic mass is 19.4. The van der Waals surface area contributed by atoms with E-state index in [0.29, 0.717) is 0 Å². The summed E-state index contributed by atoms with van der Waals surface area (Å²) < 4.78 is 268. The molecule has 0 aromatic rings. The maximum absolute atomic E-state index is 13.4. The Balaban J connectivity index is -0.00000123. The number of hydrogen-bond acceptors (Lipinski definition) is 4. The van der Waals surface area contributed by atoms with Crippen LogP contribution < -0.4 is 0 Å². The second-order valence-corrected chi connectivity index (χ2v) is 7.68. The summed E-state index contributed by atoms with van der Waals surface area (Å²) in [5.41, 5.74) is 0. The van der Waals surface area contributed by atoms with E-state index in [0.717, 1.165) is 0 Å². The molecule has 0 rings (SSSR count). The van der Waals surface area contributed by atoms with Crippen LogP contribution in [0, 0.1) is 0 Å². The van der Waals surface area contributed by atoms with E-state index in [4.69, 9.17) is 20.4 Å². The molecule has 0 aliphatic heterocycles. The smallest absolute Gasteiger partial charge is 0.460 e. The summed E-state index contributed by atoms with van der Waals surface area (Å²) >= 11 is 0. The van der Waals surface area contributed by atoms with Gasteiger partial charge in [-0.25, -0.2) is 9.59 Å². The Bertz CT molecular complexity index is 1020. The summed E-state index contributed by atoms with van der Waals surface area (Å²) in [6, 6.07) is 0. The van der Waals surface area contributed by atoms with Crippen molar-refractivity contribution in [1.29, 1.82) is 0 Å². The molecule has 0 aromatic heterocycles. The third-order valence-corrected chi connectivity index (χ3v) is 4.35. The summed E-state index contributed by atoms with van der Waals surface area (Å²) in [5, 5.41) is 31.7. The van der Waals surface area contributed by atoms with Crippen molar-refractivity contribution in [1.82, 2.24) is 0 Å². The van der Waals surface area contributed by atoms with Gasteiger partial charge in [-0.3, -0.25) is 0 Å². The Morgan fingerprint density at radius 3 is 0.889 bits per heavy atom. The zero-order valence-corrected chi connectivity index (χ0v) is 20.4. The number of alkyl halides is 19. The van der Waals surface area contributed by atoms with Gasteiger partial charge in [-0.15, -0.1) is 0 Å². The molecule has 0 aromatic carbocycles. The molecule has 0 radical (unpaired) electrons. The van der Waals surface area contributed by atoms with Gasteiger partial charge in [0.25, 0.3) is 0 Å². The van der Waals surface area contributed by atoms with Crippen LogP contribution in [0.5, 0.6) is 0 Å². The van der Waals surface area contributed by atoms with Gasteiger partial charge in [0.1, 0.15) is 0 Å². The maximum atomic E-state index is 13.4. The van der Waals surface area contributed by atoms with Crippen molar-refractivity contribution >= 4 is 11.9 Å². The predicted octanol–water partition coefficient (Wildman–Crippen LogP) is 6.48. The highest BCUT2D eigenvalue weighted by molar-refractivity contribution is 5.83. The summed E-state index contributed by atoms with van der Waals surface area (Å²) in [6.07, 6.45) is -14.3. The summed E-state index contributed by atoms with van der Waals surface area (Å²) in [7, 11) is 0. The summed E-state index contributed by atoms with van der Waals surface area (Å²) in [4.78, 5) is 18.4. The zero-order chi connectivity index (χ0) is 37.8. The van der Waals surface area contributed by atoms with E-state index < -0.39 is 96.3 Å². The number of hydrogen-bond donors (Lipinski definition) is 4. The van der Waals surface area contributed by atoms with E-state index in [1.807, 2.05) is 0 Å². The minimum atomic E-state index is -8.98. The van der Waals surface area contributed by atoms with Crippen molar-refractivity contribution in [2.75, 3.05) is 6.61 Å². The average Bonchev–Trinajstić information content (AvgIpc) is 2.82. The molecule has 45 heavy (non-hydrogen) atoms. The van der Waals surface area contributed by atoms with Crippen LogP contribution in [-0.2, 0) is 9.59 Å². The van der Waals surface area contributed by atoms with Crippen LogP contribution in [-0.4, -0.2) is 98.6 Å². The molecule has 1 unspecified atom stereocenters. The van der Waals surface area contributed by atoms with E-state index >= 15 is 0 Å². The van der Waals surface area contributed by atoms with Gasteiger partial charge < -0.3 is 20.4 Å². The van der Waals surface area contributed by atoms with Gasteiger partial charge in [0, 0.05) is 6.42 Å². The number of aliphatic hydroxyl groups is 2. The molecule has 0 heterocycles. The van der Waals surface area contributed by atoms with Crippen molar-refractivity contribution < 1.29 is 122 Å². The van der Waals surface area contributed by atoms with Crippen LogP contribution in [0.3, 0.4) is 0 Å². The number of aliphatic hydroxyl groups excluding tert-OH is 2. The molecule has 6 nitrogen and oxygen atoms in total. The maximum Gasteiger partial charge on any atom is 0.460 e. The van der Waals surface area contributed by atoms with Gasteiger partial charge in [0.15, 0.2) is 0 Å². The largest absolute Gasteiger partial charge is 0.476 e. The van der Waals surface area contributed by atoms with Crippen LogP contribution >= 0.6 is 0 Å². The van der Waals surface area contributed by atoms with Gasteiger partial charge in [-0.2, -0.15) is 92.2 Å². The van der Waals surface area contributed by atoms with Crippen LogP contribution in [0.25, 0.3) is 0 Å². The van der Waals surface area contributed by atoms with Crippen molar-refractivity contribution in [2.45, 2.75) is 66.1 Å². The Morgan fingerprint density at radius 1 is 0.511 bits per heavy atom.